The Balaban J connectivity index is 2.98. The molecule has 0 bridgehead atoms. The molecule has 1 nitrogen and oxygen atoms in total. The van der Waals surface area contributed by atoms with Crippen LogP contribution in [-0.2, 0) is 0 Å². The van der Waals surface area contributed by atoms with E-state index >= 15 is 0 Å². The smallest absolute Gasteiger partial charge is 0.159 e. The fraction of sp³-hybridized carbons (Fsp3) is 0.182. The van der Waals surface area contributed by atoms with Gasteiger partial charge < -0.3 is 0 Å². The number of carbonyl (C=O) groups excluding carboxylic acids is 1. The lowest BCUT2D eigenvalue weighted by Crippen LogP contribution is -1.90. The summed E-state index contributed by atoms with van der Waals surface area (Å²) in [5.74, 6) is 5.80. The van der Waals surface area contributed by atoms with Gasteiger partial charge in [-0.05, 0) is 26.0 Å². The molecular formula is C11H10O. The summed E-state index contributed by atoms with van der Waals surface area (Å²) in [6.45, 7) is 3.35. The molecule has 0 aliphatic heterocycles. The second-order valence-corrected chi connectivity index (χ2v) is 2.51. The van der Waals surface area contributed by atoms with Crippen LogP contribution in [0.3, 0.4) is 0 Å². The van der Waals surface area contributed by atoms with E-state index in [0.29, 0.717) is 0 Å². The maximum absolute atomic E-state index is 10.9. The monoisotopic (exact) mass is 158 g/mol. The van der Waals surface area contributed by atoms with Crippen molar-refractivity contribution in [3.8, 4) is 11.8 Å². The van der Waals surface area contributed by atoms with E-state index in [1.54, 1.807) is 26.0 Å². The highest BCUT2D eigenvalue weighted by molar-refractivity contribution is 5.94. The summed E-state index contributed by atoms with van der Waals surface area (Å²) in [5, 5.41) is 0. The Labute approximate surface area is 72.4 Å². The standard InChI is InChI=1S/C11H10O/c1-3-4-10-5-7-11(8-6-10)9(2)12/h5-8H,1-2H3. The minimum Gasteiger partial charge on any atom is -0.295 e. The van der Waals surface area contributed by atoms with Gasteiger partial charge in [-0.1, -0.05) is 18.1 Å². The highest BCUT2D eigenvalue weighted by Gasteiger charge is 1.96. The molecule has 0 aromatic heterocycles. The number of rotatable bonds is 1. The molecule has 0 unspecified atom stereocenters. The van der Waals surface area contributed by atoms with Gasteiger partial charge in [0.05, 0.1) is 0 Å². The van der Waals surface area contributed by atoms with Gasteiger partial charge in [-0.25, -0.2) is 0 Å². The van der Waals surface area contributed by atoms with Gasteiger partial charge in [0.2, 0.25) is 0 Å². The molecule has 1 aromatic rings. The summed E-state index contributed by atoms with van der Waals surface area (Å²) >= 11 is 0. The van der Waals surface area contributed by atoms with E-state index in [9.17, 15) is 4.79 Å². The molecule has 0 fully saturated rings. The number of hydrogen-bond donors (Lipinski definition) is 0. The lowest BCUT2D eigenvalue weighted by Gasteiger charge is -1.93. The molecule has 0 saturated carbocycles. The van der Waals surface area contributed by atoms with Crippen LogP contribution in [0, 0.1) is 11.8 Å². The molecule has 0 N–H and O–H groups in total. The first-order chi connectivity index (χ1) is 5.74. The third-order valence-corrected chi connectivity index (χ3v) is 1.56. The van der Waals surface area contributed by atoms with E-state index in [0.717, 1.165) is 11.1 Å². The molecule has 0 aliphatic carbocycles. The topological polar surface area (TPSA) is 17.1 Å². The van der Waals surface area contributed by atoms with Crippen molar-refractivity contribution in [1.82, 2.24) is 0 Å². The van der Waals surface area contributed by atoms with Gasteiger partial charge in [0.1, 0.15) is 0 Å². The van der Waals surface area contributed by atoms with Crippen LogP contribution in [0.25, 0.3) is 0 Å². The first-order valence-electron chi connectivity index (χ1n) is 3.78. The van der Waals surface area contributed by atoms with Gasteiger partial charge in [0, 0.05) is 11.1 Å². The lowest BCUT2D eigenvalue weighted by molar-refractivity contribution is 0.101. The molecule has 0 amide bonds. The Morgan fingerprint density at radius 2 is 1.83 bits per heavy atom. The molecule has 0 radical (unpaired) electrons. The van der Waals surface area contributed by atoms with Crippen molar-refractivity contribution >= 4 is 5.78 Å². The van der Waals surface area contributed by atoms with Crippen LogP contribution in [-0.4, -0.2) is 5.78 Å². The van der Waals surface area contributed by atoms with E-state index in [2.05, 4.69) is 11.8 Å². The van der Waals surface area contributed by atoms with Crippen LogP contribution in [0.1, 0.15) is 29.8 Å². The van der Waals surface area contributed by atoms with Crippen LogP contribution in [0.4, 0.5) is 0 Å². The van der Waals surface area contributed by atoms with E-state index < -0.39 is 0 Å². The number of carbonyl (C=O) groups is 1. The molecule has 0 atom stereocenters. The predicted octanol–water partition coefficient (Wildman–Crippen LogP) is 2.26. The zero-order valence-corrected chi connectivity index (χ0v) is 7.22. The summed E-state index contributed by atoms with van der Waals surface area (Å²) < 4.78 is 0. The molecule has 0 heterocycles. The normalized spacial score (nSPS) is 8.50. The zero-order chi connectivity index (χ0) is 8.97. The second kappa shape index (κ2) is 3.73. The lowest BCUT2D eigenvalue weighted by atomic mass is 10.1. The van der Waals surface area contributed by atoms with E-state index in [1.807, 2.05) is 12.1 Å². The van der Waals surface area contributed by atoms with Crippen molar-refractivity contribution in [3.05, 3.63) is 35.4 Å². The third kappa shape index (κ3) is 1.96. The molecule has 1 heteroatoms. The van der Waals surface area contributed by atoms with Gasteiger partial charge in [0.15, 0.2) is 5.78 Å². The van der Waals surface area contributed by atoms with Crippen LogP contribution in [0.2, 0.25) is 0 Å². The average Bonchev–Trinajstić information content (AvgIpc) is 2.06. The van der Waals surface area contributed by atoms with E-state index in [-0.39, 0.29) is 5.78 Å². The molecule has 12 heavy (non-hydrogen) atoms. The summed E-state index contributed by atoms with van der Waals surface area (Å²) in [5.41, 5.74) is 1.68. The molecular weight excluding hydrogens is 148 g/mol. The largest absolute Gasteiger partial charge is 0.295 e. The predicted molar refractivity (Wildman–Crippen MR) is 49.0 cm³/mol. The number of ketones is 1. The third-order valence-electron chi connectivity index (χ3n) is 1.56. The Morgan fingerprint density at radius 1 is 1.25 bits per heavy atom. The van der Waals surface area contributed by atoms with Crippen molar-refractivity contribution < 1.29 is 4.79 Å². The summed E-state index contributed by atoms with van der Waals surface area (Å²) in [6.07, 6.45) is 0. The Hall–Kier alpha value is -1.55. The minimum absolute atomic E-state index is 0.0889. The van der Waals surface area contributed by atoms with E-state index in [4.69, 9.17) is 0 Å². The van der Waals surface area contributed by atoms with Crippen molar-refractivity contribution in [1.29, 1.82) is 0 Å². The first kappa shape index (κ1) is 8.55. The Kier molecular flexibility index (Phi) is 2.66. The van der Waals surface area contributed by atoms with Crippen LogP contribution >= 0.6 is 0 Å². The Morgan fingerprint density at radius 3 is 2.25 bits per heavy atom. The zero-order valence-electron chi connectivity index (χ0n) is 7.22. The molecule has 1 aromatic carbocycles. The number of benzene rings is 1. The van der Waals surface area contributed by atoms with Crippen molar-refractivity contribution in [2.45, 2.75) is 13.8 Å². The fourth-order valence-electron chi connectivity index (χ4n) is 0.933. The minimum atomic E-state index is 0.0889. The average molecular weight is 158 g/mol. The summed E-state index contributed by atoms with van der Waals surface area (Å²) in [4.78, 5) is 10.9. The maximum atomic E-state index is 10.9. The van der Waals surface area contributed by atoms with Crippen LogP contribution in [0.15, 0.2) is 24.3 Å². The molecule has 60 valence electrons. The first-order valence-corrected chi connectivity index (χ1v) is 3.78. The van der Waals surface area contributed by atoms with Gasteiger partial charge in [-0.3, -0.25) is 4.79 Å². The fourth-order valence-corrected chi connectivity index (χ4v) is 0.933. The van der Waals surface area contributed by atoms with E-state index in [1.165, 1.54) is 0 Å². The molecule has 0 spiro atoms. The van der Waals surface area contributed by atoms with Gasteiger partial charge in [-0.2, -0.15) is 0 Å². The van der Waals surface area contributed by atoms with Crippen LogP contribution in [0.5, 0.6) is 0 Å². The van der Waals surface area contributed by atoms with Crippen molar-refractivity contribution in [3.63, 3.8) is 0 Å². The van der Waals surface area contributed by atoms with Crippen molar-refractivity contribution in [2.75, 3.05) is 0 Å². The van der Waals surface area contributed by atoms with Crippen LogP contribution < -0.4 is 0 Å². The second-order valence-electron chi connectivity index (χ2n) is 2.51. The maximum Gasteiger partial charge on any atom is 0.159 e. The number of Topliss-reactive ketones (excluding diaryl/α,β-unsaturated/α-hetero) is 1. The van der Waals surface area contributed by atoms with Gasteiger partial charge in [0.25, 0.3) is 0 Å². The Bertz CT molecular complexity index is 336. The SMILES string of the molecule is CC#Cc1ccc(C(C)=O)cc1. The van der Waals surface area contributed by atoms with Crippen molar-refractivity contribution in [2.24, 2.45) is 0 Å². The molecule has 0 saturated heterocycles. The quantitative estimate of drug-likeness (QED) is 0.452. The van der Waals surface area contributed by atoms with Gasteiger partial charge in [-0.15, -0.1) is 5.92 Å². The molecule has 0 aliphatic rings. The summed E-state index contributed by atoms with van der Waals surface area (Å²) in [6, 6.07) is 7.30. The van der Waals surface area contributed by atoms with Gasteiger partial charge >= 0.3 is 0 Å². The number of hydrogen-bond acceptors (Lipinski definition) is 1. The highest BCUT2D eigenvalue weighted by Crippen LogP contribution is 2.03. The highest BCUT2D eigenvalue weighted by atomic mass is 16.1. The summed E-state index contributed by atoms with van der Waals surface area (Å²) in [7, 11) is 0. The molecule has 1 rings (SSSR count).